The zero-order chi connectivity index (χ0) is 19.4. The van der Waals surface area contributed by atoms with Gasteiger partial charge in [0.1, 0.15) is 0 Å². The Bertz CT molecular complexity index is 941. The van der Waals surface area contributed by atoms with Crippen molar-refractivity contribution in [3.63, 3.8) is 0 Å². The van der Waals surface area contributed by atoms with E-state index in [1.807, 2.05) is 30.3 Å². The molecule has 0 spiro atoms. The van der Waals surface area contributed by atoms with Crippen molar-refractivity contribution >= 4 is 27.5 Å². The van der Waals surface area contributed by atoms with Crippen LogP contribution in [0.3, 0.4) is 0 Å². The molecule has 1 N–H and O–H groups in total. The number of sulfonamides is 1. The fourth-order valence-corrected chi connectivity index (χ4v) is 4.91. The number of benzene rings is 2. The Balaban J connectivity index is 1.63. The lowest BCUT2D eigenvalue weighted by Crippen LogP contribution is -2.31. The van der Waals surface area contributed by atoms with Crippen LogP contribution in [0.4, 0.5) is 5.69 Å². The molecule has 0 radical (unpaired) electrons. The Morgan fingerprint density at radius 1 is 1.15 bits per heavy atom. The van der Waals surface area contributed by atoms with Gasteiger partial charge < -0.3 is 5.32 Å². The molecule has 0 saturated carbocycles. The lowest BCUT2D eigenvalue weighted by molar-refractivity contribution is -0.119. The van der Waals surface area contributed by atoms with Crippen molar-refractivity contribution in [1.29, 1.82) is 0 Å². The highest BCUT2D eigenvalue weighted by Crippen LogP contribution is 2.28. The Kier molecular flexibility index (Phi) is 5.60. The molecule has 2 aromatic rings. The van der Waals surface area contributed by atoms with Gasteiger partial charge in [0.25, 0.3) is 5.91 Å². The van der Waals surface area contributed by atoms with Crippen molar-refractivity contribution in [1.82, 2.24) is 5.32 Å². The minimum atomic E-state index is -3.68. The smallest absolute Gasteiger partial charge is 0.251 e. The molecule has 7 heteroatoms. The molecule has 2 aromatic carbocycles. The van der Waals surface area contributed by atoms with Gasteiger partial charge in [-0.1, -0.05) is 43.3 Å². The van der Waals surface area contributed by atoms with E-state index in [2.05, 4.69) is 5.32 Å². The van der Waals surface area contributed by atoms with Crippen LogP contribution >= 0.6 is 0 Å². The van der Waals surface area contributed by atoms with Gasteiger partial charge in [-0.05, 0) is 36.6 Å². The molecule has 1 aliphatic rings. The highest BCUT2D eigenvalue weighted by molar-refractivity contribution is 7.94. The van der Waals surface area contributed by atoms with Crippen LogP contribution in [-0.4, -0.2) is 32.5 Å². The Morgan fingerprint density at radius 2 is 1.89 bits per heavy atom. The summed E-state index contributed by atoms with van der Waals surface area (Å²) in [5, 5.41) is 2.84. The topological polar surface area (TPSA) is 83.6 Å². The number of rotatable bonds is 6. The maximum Gasteiger partial charge on any atom is 0.251 e. The number of hydrogen-bond donors (Lipinski definition) is 1. The van der Waals surface area contributed by atoms with Gasteiger partial charge in [-0.15, -0.1) is 0 Å². The van der Waals surface area contributed by atoms with Crippen LogP contribution in [0.15, 0.2) is 54.6 Å². The third-order valence-electron chi connectivity index (χ3n) is 4.47. The van der Waals surface area contributed by atoms with Crippen molar-refractivity contribution in [2.45, 2.75) is 19.8 Å². The summed E-state index contributed by atoms with van der Waals surface area (Å²) in [5.41, 5.74) is 1.75. The molecule has 1 saturated heterocycles. The van der Waals surface area contributed by atoms with Gasteiger partial charge in [0.2, 0.25) is 15.9 Å². The van der Waals surface area contributed by atoms with Crippen molar-refractivity contribution < 1.29 is 18.0 Å². The lowest BCUT2D eigenvalue weighted by atomic mass is 10.1. The number of anilines is 1. The van der Waals surface area contributed by atoms with Gasteiger partial charge in [0, 0.05) is 12.1 Å². The molecular formula is C20H22N2O4S. The Labute approximate surface area is 159 Å². The van der Waals surface area contributed by atoms with Gasteiger partial charge in [-0.3, -0.25) is 9.59 Å². The average molecular weight is 386 g/mol. The molecule has 27 heavy (non-hydrogen) atoms. The molecule has 1 atom stereocenters. The molecule has 0 bridgehead atoms. The number of amides is 2. The van der Waals surface area contributed by atoms with E-state index < -0.39 is 21.8 Å². The van der Waals surface area contributed by atoms with Crippen molar-refractivity contribution in [2.75, 3.05) is 16.6 Å². The van der Waals surface area contributed by atoms with Crippen LogP contribution in [0.5, 0.6) is 0 Å². The molecule has 0 unspecified atom stereocenters. The van der Waals surface area contributed by atoms with Crippen LogP contribution in [0.25, 0.3) is 0 Å². The number of hydrogen-bond acceptors (Lipinski definition) is 4. The standard InChI is InChI=1S/C20H22N2O4S/c1-15-14-27(25,26)22(20(15)24)18-11-5-10-17(13-18)19(23)21-12-6-9-16-7-3-2-4-8-16/h2-5,7-8,10-11,13,15H,6,9,12,14H2,1H3,(H,21,23)/t15-/m0/s1. The third kappa shape index (κ3) is 4.36. The van der Waals surface area contributed by atoms with Gasteiger partial charge in [-0.2, -0.15) is 0 Å². The van der Waals surface area contributed by atoms with Crippen molar-refractivity contribution in [2.24, 2.45) is 5.92 Å². The largest absolute Gasteiger partial charge is 0.352 e. The predicted octanol–water partition coefficient (Wildman–Crippen LogP) is 2.36. The summed E-state index contributed by atoms with van der Waals surface area (Å²) in [5.74, 6) is -1.54. The van der Waals surface area contributed by atoms with Crippen molar-refractivity contribution in [3.8, 4) is 0 Å². The average Bonchev–Trinajstić information content (AvgIpc) is 2.86. The molecule has 0 aromatic heterocycles. The van der Waals surface area contributed by atoms with Gasteiger partial charge in [0.05, 0.1) is 17.4 Å². The molecule has 1 heterocycles. The minimum Gasteiger partial charge on any atom is -0.352 e. The van der Waals surface area contributed by atoms with Gasteiger partial charge >= 0.3 is 0 Å². The van der Waals surface area contributed by atoms with Crippen LogP contribution in [0, 0.1) is 5.92 Å². The lowest BCUT2D eigenvalue weighted by Gasteiger charge is -2.16. The first-order valence-electron chi connectivity index (χ1n) is 8.87. The van der Waals surface area contributed by atoms with E-state index in [1.165, 1.54) is 17.7 Å². The molecule has 142 valence electrons. The highest BCUT2D eigenvalue weighted by Gasteiger charge is 2.42. The number of aryl methyl sites for hydroxylation is 1. The van der Waals surface area contributed by atoms with Crippen molar-refractivity contribution in [3.05, 3.63) is 65.7 Å². The molecule has 1 fully saturated rings. The normalized spacial score (nSPS) is 18.5. The van der Waals surface area contributed by atoms with E-state index in [4.69, 9.17) is 0 Å². The molecule has 2 amide bonds. The monoisotopic (exact) mass is 386 g/mol. The van der Waals surface area contributed by atoms with Crippen LogP contribution < -0.4 is 9.62 Å². The summed E-state index contributed by atoms with van der Waals surface area (Å²) in [6, 6.07) is 16.2. The zero-order valence-electron chi connectivity index (χ0n) is 15.1. The molecule has 0 aliphatic carbocycles. The minimum absolute atomic E-state index is 0.207. The van der Waals surface area contributed by atoms with Crippen LogP contribution in [0.1, 0.15) is 29.3 Å². The summed E-state index contributed by atoms with van der Waals surface area (Å²) >= 11 is 0. The fraction of sp³-hybridized carbons (Fsp3) is 0.300. The van der Waals surface area contributed by atoms with E-state index in [1.54, 1.807) is 19.1 Å². The van der Waals surface area contributed by atoms with Gasteiger partial charge in [0.15, 0.2) is 0 Å². The Morgan fingerprint density at radius 3 is 2.56 bits per heavy atom. The maximum atomic E-state index is 12.4. The first kappa shape index (κ1) is 19.1. The van der Waals surface area contributed by atoms with Gasteiger partial charge in [-0.25, -0.2) is 12.7 Å². The van der Waals surface area contributed by atoms with Crippen LogP contribution in [-0.2, 0) is 21.2 Å². The van der Waals surface area contributed by atoms with E-state index in [0.29, 0.717) is 12.1 Å². The second kappa shape index (κ2) is 7.92. The second-order valence-corrected chi connectivity index (χ2v) is 8.54. The summed E-state index contributed by atoms with van der Waals surface area (Å²) < 4.78 is 25.2. The number of carbonyl (C=O) groups excluding carboxylic acids is 2. The quantitative estimate of drug-likeness (QED) is 0.773. The molecule has 1 aliphatic heterocycles. The summed E-state index contributed by atoms with van der Waals surface area (Å²) in [4.78, 5) is 24.6. The molecular weight excluding hydrogens is 364 g/mol. The highest BCUT2D eigenvalue weighted by atomic mass is 32.2. The summed E-state index contributed by atoms with van der Waals surface area (Å²) in [7, 11) is -3.68. The number of nitrogens with zero attached hydrogens (tertiary/aromatic N) is 1. The van der Waals surface area contributed by atoms with E-state index >= 15 is 0 Å². The summed E-state index contributed by atoms with van der Waals surface area (Å²) in [6.45, 7) is 2.10. The predicted molar refractivity (Wildman–Crippen MR) is 104 cm³/mol. The SMILES string of the molecule is C[C@H]1CS(=O)(=O)N(c2cccc(C(=O)NCCCc3ccccc3)c2)C1=O. The first-order valence-corrected chi connectivity index (χ1v) is 10.5. The Hall–Kier alpha value is -2.67. The van der Waals surface area contributed by atoms with E-state index in [0.717, 1.165) is 17.1 Å². The molecule has 3 rings (SSSR count). The number of nitrogens with one attached hydrogen (secondary N) is 1. The van der Waals surface area contributed by atoms with E-state index in [9.17, 15) is 18.0 Å². The zero-order valence-corrected chi connectivity index (χ0v) is 15.9. The maximum absolute atomic E-state index is 12.4. The molecule has 6 nitrogen and oxygen atoms in total. The van der Waals surface area contributed by atoms with E-state index in [-0.39, 0.29) is 17.3 Å². The summed E-state index contributed by atoms with van der Waals surface area (Å²) in [6.07, 6.45) is 1.66. The van der Waals surface area contributed by atoms with Crippen LogP contribution in [0.2, 0.25) is 0 Å². The second-order valence-electron chi connectivity index (χ2n) is 6.68. The third-order valence-corrected chi connectivity index (χ3v) is 6.34. The first-order chi connectivity index (χ1) is 12.9. The fourth-order valence-electron chi connectivity index (χ4n) is 3.10. The number of carbonyl (C=O) groups is 2.